The second kappa shape index (κ2) is 5.33. The summed E-state index contributed by atoms with van der Waals surface area (Å²) in [6.07, 6.45) is 0.742. The molecule has 96 valence electrons. The van der Waals surface area contributed by atoms with Gasteiger partial charge in [0, 0.05) is 13.5 Å². The van der Waals surface area contributed by atoms with Crippen LogP contribution in [0.4, 0.5) is 0 Å². The highest BCUT2D eigenvalue weighted by Crippen LogP contribution is 2.27. The zero-order valence-corrected chi connectivity index (χ0v) is 12.8. The van der Waals surface area contributed by atoms with E-state index >= 15 is 0 Å². The maximum absolute atomic E-state index is 6.11. The Balaban J connectivity index is 2.28. The summed E-state index contributed by atoms with van der Waals surface area (Å²) in [6.45, 7) is 1.98. The van der Waals surface area contributed by atoms with Gasteiger partial charge in [-0.05, 0) is 40.5 Å². The van der Waals surface area contributed by atoms with Crippen molar-refractivity contribution in [3.63, 3.8) is 0 Å². The first-order chi connectivity index (χ1) is 8.52. The van der Waals surface area contributed by atoms with Crippen LogP contribution in [0.25, 0.3) is 0 Å². The van der Waals surface area contributed by atoms with Crippen LogP contribution in [0.15, 0.2) is 22.8 Å². The fraction of sp³-hybridized carbons (Fsp3) is 0.308. The maximum atomic E-state index is 6.11. The zero-order valence-electron chi connectivity index (χ0n) is 10.5. The Kier molecular flexibility index (Phi) is 3.97. The normalized spacial score (nSPS) is 10.7. The summed E-state index contributed by atoms with van der Waals surface area (Å²) in [4.78, 5) is 4.52. The molecule has 0 N–H and O–H groups in total. The number of ether oxygens (including phenoxy) is 1. The van der Waals surface area contributed by atoms with E-state index < -0.39 is 0 Å². The van der Waals surface area contributed by atoms with Gasteiger partial charge in [0.1, 0.15) is 16.2 Å². The molecule has 3 nitrogen and oxygen atoms in total. The molecule has 2 rings (SSSR count). The van der Waals surface area contributed by atoms with E-state index in [0.717, 1.165) is 28.1 Å². The van der Waals surface area contributed by atoms with E-state index in [1.54, 1.807) is 7.11 Å². The molecule has 0 amide bonds. The van der Waals surface area contributed by atoms with Gasteiger partial charge in [0.2, 0.25) is 0 Å². The zero-order chi connectivity index (χ0) is 13.3. The molecule has 1 aromatic carbocycles. The number of benzene rings is 1. The second-order valence-electron chi connectivity index (χ2n) is 4.10. The number of rotatable bonds is 3. The molecule has 0 saturated carbocycles. The smallest absolute Gasteiger partial charge is 0.137 e. The molecule has 0 bridgehead atoms. The van der Waals surface area contributed by atoms with Crippen LogP contribution in [-0.4, -0.2) is 16.7 Å². The first-order valence-corrected chi connectivity index (χ1v) is 6.70. The molecule has 2 aromatic rings. The predicted molar refractivity (Wildman–Crippen MR) is 76.5 cm³/mol. The Hall–Kier alpha value is -1.00. The molecule has 1 heterocycles. The summed E-state index contributed by atoms with van der Waals surface area (Å²) in [5.41, 5.74) is 2.12. The van der Waals surface area contributed by atoms with Crippen LogP contribution >= 0.6 is 27.5 Å². The van der Waals surface area contributed by atoms with E-state index in [-0.39, 0.29) is 0 Å². The fourth-order valence-corrected chi connectivity index (χ4v) is 2.54. The number of hydrogen-bond acceptors (Lipinski definition) is 2. The highest BCUT2D eigenvalue weighted by molar-refractivity contribution is 9.10. The van der Waals surface area contributed by atoms with E-state index in [9.17, 15) is 0 Å². The Morgan fingerprint density at radius 2 is 2.17 bits per heavy atom. The van der Waals surface area contributed by atoms with E-state index in [1.807, 2.05) is 36.7 Å². The van der Waals surface area contributed by atoms with Gasteiger partial charge >= 0.3 is 0 Å². The quantitative estimate of drug-likeness (QED) is 0.857. The van der Waals surface area contributed by atoms with Gasteiger partial charge < -0.3 is 9.30 Å². The first kappa shape index (κ1) is 13.4. The van der Waals surface area contributed by atoms with E-state index in [1.165, 1.54) is 0 Å². The lowest BCUT2D eigenvalue weighted by Gasteiger charge is -2.05. The standard InChI is InChI=1S/C13H14BrClN2O/c1-8-16-11(13(14)17(8)2)7-9-4-5-12(18-3)10(15)6-9/h4-6H,7H2,1-3H3. The van der Waals surface area contributed by atoms with Crippen LogP contribution < -0.4 is 4.74 Å². The van der Waals surface area contributed by atoms with Gasteiger partial charge in [0.25, 0.3) is 0 Å². The molecular formula is C13H14BrClN2O. The van der Waals surface area contributed by atoms with Gasteiger partial charge in [-0.1, -0.05) is 17.7 Å². The van der Waals surface area contributed by atoms with Crippen molar-refractivity contribution >= 4 is 27.5 Å². The van der Waals surface area contributed by atoms with Gasteiger partial charge in [0.15, 0.2) is 0 Å². The second-order valence-corrected chi connectivity index (χ2v) is 5.26. The summed E-state index contributed by atoms with van der Waals surface area (Å²) < 4.78 is 8.16. The summed E-state index contributed by atoms with van der Waals surface area (Å²) in [5, 5.41) is 0.624. The Labute approximate surface area is 120 Å². The topological polar surface area (TPSA) is 27.1 Å². The van der Waals surface area contributed by atoms with Crippen molar-refractivity contribution in [3.8, 4) is 5.75 Å². The number of halogens is 2. The third kappa shape index (κ3) is 2.54. The van der Waals surface area contributed by atoms with Crippen LogP contribution in [-0.2, 0) is 13.5 Å². The molecule has 0 aliphatic rings. The van der Waals surface area contributed by atoms with E-state index in [2.05, 4.69) is 20.9 Å². The number of methoxy groups -OCH3 is 1. The molecule has 0 fully saturated rings. The summed E-state index contributed by atoms with van der Waals surface area (Å²) >= 11 is 9.66. The number of imidazole rings is 1. The van der Waals surface area contributed by atoms with Gasteiger partial charge in [-0.15, -0.1) is 0 Å². The molecule has 0 atom stereocenters. The molecule has 0 saturated heterocycles. The number of aryl methyl sites for hydroxylation is 1. The summed E-state index contributed by atoms with van der Waals surface area (Å²) in [7, 11) is 3.59. The summed E-state index contributed by atoms with van der Waals surface area (Å²) in [6, 6.07) is 5.79. The van der Waals surface area contributed by atoms with Crippen LogP contribution in [0.5, 0.6) is 5.75 Å². The van der Waals surface area contributed by atoms with Crippen molar-refractivity contribution in [1.82, 2.24) is 9.55 Å². The first-order valence-electron chi connectivity index (χ1n) is 5.53. The van der Waals surface area contributed by atoms with Crippen molar-refractivity contribution in [1.29, 1.82) is 0 Å². The van der Waals surface area contributed by atoms with Crippen LogP contribution in [0.2, 0.25) is 5.02 Å². The lowest BCUT2D eigenvalue weighted by Crippen LogP contribution is -1.92. The molecule has 0 aliphatic carbocycles. The largest absolute Gasteiger partial charge is 0.495 e. The number of nitrogens with zero attached hydrogens (tertiary/aromatic N) is 2. The van der Waals surface area contributed by atoms with Gasteiger partial charge in [-0.3, -0.25) is 0 Å². The minimum Gasteiger partial charge on any atom is -0.495 e. The van der Waals surface area contributed by atoms with Crippen molar-refractivity contribution in [2.75, 3.05) is 7.11 Å². The van der Waals surface area contributed by atoms with Crippen molar-refractivity contribution in [2.45, 2.75) is 13.3 Å². The Morgan fingerprint density at radius 3 is 2.67 bits per heavy atom. The summed E-state index contributed by atoms with van der Waals surface area (Å²) in [5.74, 6) is 1.67. The van der Waals surface area contributed by atoms with E-state index in [0.29, 0.717) is 10.8 Å². The van der Waals surface area contributed by atoms with E-state index in [4.69, 9.17) is 16.3 Å². The third-order valence-corrected chi connectivity index (χ3v) is 4.19. The van der Waals surface area contributed by atoms with Crippen molar-refractivity contribution in [2.24, 2.45) is 7.05 Å². The highest BCUT2D eigenvalue weighted by Gasteiger charge is 2.11. The molecule has 0 radical (unpaired) electrons. The SMILES string of the molecule is COc1ccc(Cc2nc(C)n(C)c2Br)cc1Cl. The van der Waals surface area contributed by atoms with Crippen LogP contribution in [0, 0.1) is 6.92 Å². The number of hydrogen-bond donors (Lipinski definition) is 0. The maximum Gasteiger partial charge on any atom is 0.137 e. The Bertz CT molecular complexity index is 581. The van der Waals surface area contributed by atoms with Gasteiger partial charge in [0.05, 0.1) is 17.8 Å². The minimum atomic E-state index is 0.624. The number of aromatic nitrogens is 2. The molecule has 1 aromatic heterocycles. The lowest BCUT2D eigenvalue weighted by molar-refractivity contribution is 0.415. The minimum absolute atomic E-state index is 0.624. The average molecular weight is 330 g/mol. The van der Waals surface area contributed by atoms with Crippen LogP contribution in [0.1, 0.15) is 17.1 Å². The average Bonchev–Trinajstić information content (AvgIpc) is 2.57. The predicted octanol–water partition coefficient (Wildman–Crippen LogP) is 3.74. The van der Waals surface area contributed by atoms with Crippen LogP contribution in [0.3, 0.4) is 0 Å². The van der Waals surface area contributed by atoms with Gasteiger partial charge in [-0.2, -0.15) is 0 Å². The molecule has 18 heavy (non-hydrogen) atoms. The molecule has 0 aliphatic heterocycles. The fourth-order valence-electron chi connectivity index (χ4n) is 1.78. The third-order valence-electron chi connectivity index (χ3n) is 2.90. The highest BCUT2D eigenvalue weighted by atomic mass is 79.9. The molecule has 0 unspecified atom stereocenters. The molecule has 0 spiro atoms. The monoisotopic (exact) mass is 328 g/mol. The Morgan fingerprint density at radius 1 is 1.44 bits per heavy atom. The van der Waals surface area contributed by atoms with Crippen molar-refractivity contribution in [3.05, 3.63) is 44.9 Å². The molecule has 5 heteroatoms. The molecular weight excluding hydrogens is 316 g/mol. The lowest BCUT2D eigenvalue weighted by atomic mass is 10.1. The van der Waals surface area contributed by atoms with Gasteiger partial charge in [-0.25, -0.2) is 4.98 Å². The van der Waals surface area contributed by atoms with Crippen molar-refractivity contribution < 1.29 is 4.74 Å².